The van der Waals surface area contributed by atoms with Gasteiger partial charge < -0.3 is 19.9 Å². The first-order chi connectivity index (χ1) is 20.8. The fourth-order valence-electron chi connectivity index (χ4n) is 6.60. The number of hydrogen-bond acceptors (Lipinski definition) is 6. The predicted octanol–water partition coefficient (Wildman–Crippen LogP) is 7.48. The highest BCUT2D eigenvalue weighted by Gasteiger charge is 2.48. The first-order valence-electron chi connectivity index (χ1n) is 14.6. The number of benzene rings is 2. The summed E-state index contributed by atoms with van der Waals surface area (Å²) in [5.74, 6) is 0.00958. The van der Waals surface area contributed by atoms with Crippen molar-refractivity contribution in [3.05, 3.63) is 71.3 Å². The molecule has 0 atom stereocenters. The number of nitrogens with one attached hydrogen (secondary N) is 1. The molecule has 1 aliphatic carbocycles. The van der Waals surface area contributed by atoms with Crippen LogP contribution in [0.1, 0.15) is 48.8 Å². The zero-order valence-electron chi connectivity index (χ0n) is 24.0. The van der Waals surface area contributed by atoms with E-state index in [4.69, 9.17) is 4.74 Å². The highest BCUT2D eigenvalue weighted by atomic mass is 19.4. The number of nitrogens with zero attached hydrogens (tertiary/aromatic N) is 4. The third-order valence-corrected chi connectivity index (χ3v) is 8.96. The number of ether oxygens (including phenoxy) is 1. The summed E-state index contributed by atoms with van der Waals surface area (Å²) in [6.07, 6.45) is -3.94. The van der Waals surface area contributed by atoms with Gasteiger partial charge in [0, 0.05) is 49.0 Å². The maximum absolute atomic E-state index is 14.0. The molecule has 0 bridgehead atoms. The number of aromatic nitrogens is 2. The van der Waals surface area contributed by atoms with Crippen LogP contribution in [0.2, 0.25) is 0 Å². The number of anilines is 3. The molecule has 2 aliphatic heterocycles. The summed E-state index contributed by atoms with van der Waals surface area (Å²) < 4.78 is 97.6. The minimum absolute atomic E-state index is 0.0149. The largest absolute Gasteiger partial charge is 0.474 e. The van der Waals surface area contributed by atoms with E-state index in [0.717, 1.165) is 73.9 Å². The van der Waals surface area contributed by atoms with E-state index < -0.39 is 29.3 Å². The van der Waals surface area contributed by atoms with Crippen molar-refractivity contribution in [3.8, 4) is 5.88 Å². The van der Waals surface area contributed by atoms with E-state index in [9.17, 15) is 30.7 Å². The van der Waals surface area contributed by atoms with Crippen LogP contribution in [-0.2, 0) is 12.4 Å². The van der Waals surface area contributed by atoms with E-state index in [1.165, 1.54) is 24.5 Å². The van der Waals surface area contributed by atoms with Crippen molar-refractivity contribution in [3.63, 3.8) is 0 Å². The molecule has 3 aromatic rings. The predicted molar refractivity (Wildman–Crippen MR) is 151 cm³/mol. The number of rotatable bonds is 6. The van der Waals surface area contributed by atoms with Crippen LogP contribution < -0.4 is 19.9 Å². The molecule has 1 N–H and O–H groups in total. The molecule has 6 nitrogen and oxygen atoms in total. The molecule has 1 saturated carbocycles. The first-order valence-corrected chi connectivity index (χ1v) is 14.6. The molecule has 1 spiro atoms. The van der Waals surface area contributed by atoms with Gasteiger partial charge in [-0.3, -0.25) is 0 Å². The molecule has 13 heteroatoms. The molecule has 3 heterocycles. The van der Waals surface area contributed by atoms with Gasteiger partial charge >= 0.3 is 12.4 Å². The van der Waals surface area contributed by atoms with Crippen LogP contribution in [0.25, 0.3) is 0 Å². The van der Waals surface area contributed by atoms with E-state index in [-0.39, 0.29) is 17.6 Å². The summed E-state index contributed by atoms with van der Waals surface area (Å²) in [5.41, 5.74) is 0.0493. The van der Waals surface area contributed by atoms with Crippen molar-refractivity contribution < 1.29 is 35.5 Å². The minimum atomic E-state index is -4.73. The van der Waals surface area contributed by atoms with Gasteiger partial charge in [-0.05, 0) is 81.5 Å². The Morgan fingerprint density at radius 1 is 0.864 bits per heavy atom. The molecule has 2 aromatic carbocycles. The van der Waals surface area contributed by atoms with Gasteiger partial charge in [0.15, 0.2) is 0 Å². The van der Waals surface area contributed by atoms with Crippen LogP contribution in [0.5, 0.6) is 5.88 Å². The zero-order valence-corrected chi connectivity index (χ0v) is 24.0. The molecule has 236 valence electrons. The van der Waals surface area contributed by atoms with Gasteiger partial charge in [-0.1, -0.05) is 0 Å². The van der Waals surface area contributed by atoms with E-state index >= 15 is 0 Å². The van der Waals surface area contributed by atoms with E-state index in [2.05, 4.69) is 25.1 Å². The number of halogens is 7. The standard InChI is InChI=1S/C31H32F7N5O/c1-19-27(43-16-29(17-43)12-13-42(15-29)23-7-2-20(3-8-23)30(33,34)35)39-18-40-28(19)44-24-9-4-21(5-10-24)41-22-6-11-25(26(32)14-22)31(36,37)38/h2-3,6-8,11,14,18,21,24,41H,4-5,9-10,12-13,15-17H2,1H3. The Morgan fingerprint density at radius 2 is 1.55 bits per heavy atom. The Hall–Kier alpha value is -3.77. The van der Waals surface area contributed by atoms with Crippen LogP contribution in [0, 0.1) is 18.2 Å². The lowest BCUT2D eigenvalue weighted by atomic mass is 9.79. The molecule has 1 aromatic heterocycles. The smallest absolute Gasteiger partial charge is 0.419 e. The molecule has 44 heavy (non-hydrogen) atoms. The van der Waals surface area contributed by atoms with Crippen LogP contribution in [-0.4, -0.2) is 48.3 Å². The summed E-state index contributed by atoms with van der Waals surface area (Å²) in [7, 11) is 0. The van der Waals surface area contributed by atoms with Crippen molar-refractivity contribution in [1.29, 1.82) is 0 Å². The van der Waals surface area contributed by atoms with Crippen molar-refractivity contribution in [2.24, 2.45) is 5.41 Å². The lowest BCUT2D eigenvalue weighted by Gasteiger charge is -2.49. The second kappa shape index (κ2) is 11.3. The van der Waals surface area contributed by atoms with E-state index in [1.54, 1.807) is 0 Å². The van der Waals surface area contributed by atoms with Crippen molar-refractivity contribution in [1.82, 2.24) is 9.97 Å². The highest BCUT2D eigenvalue weighted by Crippen LogP contribution is 2.44. The lowest BCUT2D eigenvalue weighted by Crippen LogP contribution is -2.58. The second-order valence-electron chi connectivity index (χ2n) is 12.1. The Balaban J connectivity index is 1.01. The average molecular weight is 624 g/mol. The highest BCUT2D eigenvalue weighted by molar-refractivity contribution is 5.55. The lowest BCUT2D eigenvalue weighted by molar-refractivity contribution is -0.140. The Kier molecular flexibility index (Phi) is 7.77. The monoisotopic (exact) mass is 623 g/mol. The molecular formula is C31H32F7N5O. The average Bonchev–Trinajstić information content (AvgIpc) is 3.40. The molecule has 6 rings (SSSR count). The second-order valence-corrected chi connectivity index (χ2v) is 12.1. The molecule has 3 fully saturated rings. The Bertz CT molecular complexity index is 1480. The topological polar surface area (TPSA) is 53.5 Å². The van der Waals surface area contributed by atoms with Gasteiger partial charge in [0.05, 0.1) is 16.7 Å². The zero-order chi connectivity index (χ0) is 31.3. The van der Waals surface area contributed by atoms with E-state index in [1.807, 2.05) is 6.92 Å². The maximum Gasteiger partial charge on any atom is 0.419 e. The number of alkyl halides is 6. The third kappa shape index (κ3) is 6.23. The van der Waals surface area contributed by atoms with Gasteiger partial charge in [0.1, 0.15) is 24.1 Å². The Labute approximate surface area is 250 Å². The normalized spacial score (nSPS) is 21.8. The van der Waals surface area contributed by atoms with Gasteiger partial charge in [-0.15, -0.1) is 0 Å². The number of hydrogen-bond donors (Lipinski definition) is 1. The summed E-state index contributed by atoms with van der Waals surface area (Å²) in [6, 6.07) is 8.20. The van der Waals surface area contributed by atoms with Crippen LogP contribution in [0.3, 0.4) is 0 Å². The minimum Gasteiger partial charge on any atom is -0.474 e. The van der Waals surface area contributed by atoms with Gasteiger partial charge in [-0.25, -0.2) is 14.4 Å². The fourth-order valence-corrected chi connectivity index (χ4v) is 6.60. The van der Waals surface area contributed by atoms with Gasteiger partial charge in [0.2, 0.25) is 5.88 Å². The van der Waals surface area contributed by atoms with Crippen molar-refractivity contribution >= 4 is 17.2 Å². The summed E-state index contributed by atoms with van der Waals surface area (Å²) >= 11 is 0. The molecule has 3 aliphatic rings. The quantitative estimate of drug-likeness (QED) is 0.288. The maximum atomic E-state index is 14.0. The molecule has 0 radical (unpaired) electrons. The molecule has 2 saturated heterocycles. The SMILES string of the molecule is Cc1c(OC2CCC(Nc3ccc(C(F)(F)F)c(F)c3)CC2)ncnc1N1CC2(CCN(c3ccc(C(F)(F)F)cc3)C2)C1. The third-order valence-electron chi connectivity index (χ3n) is 8.96. The first kappa shape index (κ1) is 30.3. The van der Waals surface area contributed by atoms with E-state index in [0.29, 0.717) is 37.3 Å². The van der Waals surface area contributed by atoms with Crippen molar-refractivity contribution in [2.75, 3.05) is 41.3 Å². The van der Waals surface area contributed by atoms with Gasteiger partial charge in [-0.2, -0.15) is 26.3 Å². The molecule has 0 unspecified atom stereocenters. The fraction of sp³-hybridized carbons (Fsp3) is 0.484. The molecular weight excluding hydrogens is 591 g/mol. The molecule has 0 amide bonds. The Morgan fingerprint density at radius 3 is 2.18 bits per heavy atom. The summed E-state index contributed by atoms with van der Waals surface area (Å²) in [6.45, 7) is 5.02. The summed E-state index contributed by atoms with van der Waals surface area (Å²) in [4.78, 5) is 13.2. The van der Waals surface area contributed by atoms with Crippen LogP contribution in [0.4, 0.5) is 47.9 Å². The summed E-state index contributed by atoms with van der Waals surface area (Å²) in [5, 5.41) is 3.14. The van der Waals surface area contributed by atoms with Gasteiger partial charge in [0.25, 0.3) is 0 Å². The van der Waals surface area contributed by atoms with Crippen LogP contribution >= 0.6 is 0 Å². The van der Waals surface area contributed by atoms with Crippen LogP contribution in [0.15, 0.2) is 48.8 Å². The van der Waals surface area contributed by atoms with Crippen molar-refractivity contribution in [2.45, 2.75) is 63.5 Å².